The van der Waals surface area contributed by atoms with Gasteiger partial charge in [0.15, 0.2) is 5.65 Å². The van der Waals surface area contributed by atoms with E-state index >= 15 is 0 Å². The zero-order valence-electron chi connectivity index (χ0n) is 10.1. The van der Waals surface area contributed by atoms with E-state index in [0.717, 1.165) is 29.9 Å². The lowest BCUT2D eigenvalue weighted by atomic mass is 10.1. The van der Waals surface area contributed by atoms with Crippen LogP contribution in [0.15, 0.2) is 6.07 Å². The Bertz CT molecular complexity index is 591. The maximum Gasteiger partial charge on any atom is 0.173 e. The van der Waals surface area contributed by atoms with Crippen molar-refractivity contribution in [2.45, 2.75) is 26.7 Å². The predicted octanol–water partition coefficient (Wildman–Crippen LogP) is 1.11. The molecule has 2 heterocycles. The number of fused-ring (bicyclic) bond motifs is 1. The molecule has 0 fully saturated rings. The molecule has 2 aromatic heterocycles. The van der Waals surface area contributed by atoms with E-state index < -0.39 is 0 Å². The topological polar surface area (TPSA) is 80.0 Å². The Morgan fingerprint density at radius 2 is 2.24 bits per heavy atom. The zero-order valence-corrected chi connectivity index (χ0v) is 10.1. The summed E-state index contributed by atoms with van der Waals surface area (Å²) < 4.78 is 1.73. The van der Waals surface area contributed by atoms with Crippen LogP contribution in [0.2, 0.25) is 0 Å². The quantitative estimate of drug-likeness (QED) is 0.854. The number of rotatable bonds is 3. The fourth-order valence-electron chi connectivity index (χ4n) is 1.92. The van der Waals surface area contributed by atoms with Gasteiger partial charge in [0.1, 0.15) is 11.6 Å². The largest absolute Gasteiger partial charge is 0.330 e. The molecule has 17 heavy (non-hydrogen) atoms. The molecule has 0 aliphatic heterocycles. The van der Waals surface area contributed by atoms with E-state index in [4.69, 9.17) is 5.73 Å². The molecule has 0 amide bonds. The molecule has 0 bridgehead atoms. The van der Waals surface area contributed by atoms with Crippen LogP contribution in [0.1, 0.15) is 29.1 Å². The molecule has 0 radical (unpaired) electrons. The van der Waals surface area contributed by atoms with Crippen molar-refractivity contribution in [1.29, 1.82) is 5.26 Å². The van der Waals surface area contributed by atoms with Gasteiger partial charge in [-0.1, -0.05) is 0 Å². The molecule has 0 saturated carbocycles. The molecular weight excluding hydrogens is 214 g/mol. The van der Waals surface area contributed by atoms with Gasteiger partial charge in [-0.15, -0.1) is 0 Å². The summed E-state index contributed by atoms with van der Waals surface area (Å²) in [6.07, 6.45) is 1.55. The number of nitrogens with zero attached hydrogens (tertiary/aromatic N) is 4. The first kappa shape index (κ1) is 11.6. The number of nitrogens with two attached hydrogens (primary N) is 1. The number of aryl methyl sites for hydroxylation is 3. The predicted molar refractivity (Wildman–Crippen MR) is 64.6 cm³/mol. The number of aromatic nitrogens is 3. The van der Waals surface area contributed by atoms with Gasteiger partial charge in [0.2, 0.25) is 0 Å². The van der Waals surface area contributed by atoms with Gasteiger partial charge in [-0.25, -0.2) is 9.50 Å². The highest BCUT2D eigenvalue weighted by atomic mass is 15.3. The molecule has 2 aromatic rings. The first-order valence-corrected chi connectivity index (χ1v) is 5.63. The first-order chi connectivity index (χ1) is 8.17. The van der Waals surface area contributed by atoms with E-state index in [1.807, 2.05) is 19.9 Å². The minimum absolute atomic E-state index is 0.574. The molecule has 0 saturated heterocycles. The van der Waals surface area contributed by atoms with E-state index in [9.17, 15) is 5.26 Å². The van der Waals surface area contributed by atoms with E-state index in [2.05, 4.69) is 16.2 Å². The van der Waals surface area contributed by atoms with Gasteiger partial charge in [0, 0.05) is 11.4 Å². The summed E-state index contributed by atoms with van der Waals surface area (Å²) in [5.41, 5.74) is 9.39. The second-order valence-corrected chi connectivity index (χ2v) is 4.10. The molecule has 0 spiro atoms. The Balaban J connectivity index is 2.63. The number of hydrogen-bond acceptors (Lipinski definition) is 4. The fourth-order valence-corrected chi connectivity index (χ4v) is 1.92. The summed E-state index contributed by atoms with van der Waals surface area (Å²) in [4.78, 5) is 4.38. The molecule has 88 valence electrons. The van der Waals surface area contributed by atoms with Crippen molar-refractivity contribution < 1.29 is 0 Å². The summed E-state index contributed by atoms with van der Waals surface area (Å²) in [6.45, 7) is 4.48. The van der Waals surface area contributed by atoms with Crippen LogP contribution >= 0.6 is 0 Å². The van der Waals surface area contributed by atoms with Crippen LogP contribution in [0.5, 0.6) is 0 Å². The second kappa shape index (κ2) is 4.52. The molecule has 5 heteroatoms. The van der Waals surface area contributed by atoms with Crippen LogP contribution in [0.25, 0.3) is 5.65 Å². The molecule has 0 aliphatic rings. The van der Waals surface area contributed by atoms with Gasteiger partial charge in [-0.05, 0) is 39.3 Å². The Morgan fingerprint density at radius 3 is 2.88 bits per heavy atom. The molecule has 5 nitrogen and oxygen atoms in total. The van der Waals surface area contributed by atoms with Crippen LogP contribution in [-0.2, 0) is 6.42 Å². The standard InChI is InChI=1S/C12H15N5/c1-8-6-9(2)17-12(15-8)10(7-14)11(16-17)4-3-5-13/h6H,3-5,13H2,1-2H3. The van der Waals surface area contributed by atoms with Gasteiger partial charge in [-0.3, -0.25) is 0 Å². The van der Waals surface area contributed by atoms with Gasteiger partial charge in [0.05, 0.1) is 5.69 Å². The third-order valence-corrected chi connectivity index (χ3v) is 2.70. The van der Waals surface area contributed by atoms with Crippen molar-refractivity contribution >= 4 is 5.65 Å². The average Bonchev–Trinajstić information content (AvgIpc) is 2.64. The van der Waals surface area contributed by atoms with Crippen molar-refractivity contribution in [2.24, 2.45) is 5.73 Å². The molecular formula is C12H15N5. The minimum atomic E-state index is 0.574. The Morgan fingerprint density at radius 1 is 1.47 bits per heavy atom. The van der Waals surface area contributed by atoms with Gasteiger partial charge in [0.25, 0.3) is 0 Å². The Labute approximate surface area is 99.9 Å². The molecule has 0 atom stereocenters. The van der Waals surface area contributed by atoms with Crippen LogP contribution in [0.3, 0.4) is 0 Å². The molecule has 2 N–H and O–H groups in total. The van der Waals surface area contributed by atoms with Crippen LogP contribution < -0.4 is 5.73 Å². The first-order valence-electron chi connectivity index (χ1n) is 5.63. The molecule has 0 unspecified atom stereocenters. The monoisotopic (exact) mass is 229 g/mol. The number of nitriles is 1. The summed E-state index contributed by atoms with van der Waals surface area (Å²) in [5.74, 6) is 0. The maximum absolute atomic E-state index is 9.21. The van der Waals surface area contributed by atoms with Crippen LogP contribution in [0.4, 0.5) is 0 Å². The summed E-state index contributed by atoms with van der Waals surface area (Å²) in [6, 6.07) is 4.15. The van der Waals surface area contributed by atoms with Crippen molar-refractivity contribution in [3.63, 3.8) is 0 Å². The van der Waals surface area contributed by atoms with Crippen LogP contribution in [0, 0.1) is 25.2 Å². The number of hydrogen-bond donors (Lipinski definition) is 1. The third kappa shape index (κ3) is 1.99. The van der Waals surface area contributed by atoms with E-state index in [-0.39, 0.29) is 0 Å². The maximum atomic E-state index is 9.21. The summed E-state index contributed by atoms with van der Waals surface area (Å²) in [5, 5.41) is 13.6. The van der Waals surface area contributed by atoms with Crippen molar-refractivity contribution in [2.75, 3.05) is 6.54 Å². The molecule has 2 rings (SSSR count). The highest BCUT2D eigenvalue weighted by Gasteiger charge is 2.14. The summed E-state index contributed by atoms with van der Waals surface area (Å²) >= 11 is 0. The Hall–Kier alpha value is -1.93. The fraction of sp³-hybridized carbons (Fsp3) is 0.417. The van der Waals surface area contributed by atoms with Gasteiger partial charge in [-0.2, -0.15) is 10.4 Å². The minimum Gasteiger partial charge on any atom is -0.330 e. The van der Waals surface area contributed by atoms with E-state index in [0.29, 0.717) is 17.8 Å². The van der Waals surface area contributed by atoms with Crippen molar-refractivity contribution in [3.8, 4) is 6.07 Å². The lowest BCUT2D eigenvalue weighted by molar-refractivity contribution is 0.779. The third-order valence-electron chi connectivity index (χ3n) is 2.70. The van der Waals surface area contributed by atoms with E-state index in [1.54, 1.807) is 4.52 Å². The van der Waals surface area contributed by atoms with Gasteiger partial charge >= 0.3 is 0 Å². The smallest absolute Gasteiger partial charge is 0.173 e. The van der Waals surface area contributed by atoms with Crippen LogP contribution in [-0.4, -0.2) is 21.1 Å². The lowest BCUT2D eigenvalue weighted by Crippen LogP contribution is -2.01. The van der Waals surface area contributed by atoms with E-state index in [1.165, 1.54) is 0 Å². The molecule has 0 aliphatic carbocycles. The van der Waals surface area contributed by atoms with Crippen molar-refractivity contribution in [1.82, 2.24) is 14.6 Å². The lowest BCUT2D eigenvalue weighted by Gasteiger charge is -1.99. The average molecular weight is 229 g/mol. The SMILES string of the molecule is Cc1cc(C)n2nc(CCCN)c(C#N)c2n1. The Kier molecular flexibility index (Phi) is 3.07. The zero-order chi connectivity index (χ0) is 12.4. The molecule has 0 aromatic carbocycles. The normalized spacial score (nSPS) is 10.7. The van der Waals surface area contributed by atoms with Crippen molar-refractivity contribution in [3.05, 3.63) is 28.7 Å². The highest BCUT2D eigenvalue weighted by Crippen LogP contribution is 2.16. The summed E-state index contributed by atoms with van der Waals surface area (Å²) in [7, 11) is 0. The highest BCUT2D eigenvalue weighted by molar-refractivity contribution is 5.58. The van der Waals surface area contributed by atoms with Gasteiger partial charge < -0.3 is 5.73 Å². The second-order valence-electron chi connectivity index (χ2n) is 4.10.